The minimum absolute atomic E-state index is 0.0617. The lowest BCUT2D eigenvalue weighted by Gasteiger charge is -2.12. The Kier molecular flexibility index (Phi) is 5.96. The molecule has 0 atom stereocenters. The number of benzene rings is 1. The van der Waals surface area contributed by atoms with Crippen LogP contribution in [0.5, 0.6) is 11.5 Å². The molecule has 94 valence electrons. The van der Waals surface area contributed by atoms with Crippen molar-refractivity contribution in [3.63, 3.8) is 0 Å². The molecular formula is C11H13BrO5. The lowest BCUT2D eigenvalue weighted by atomic mass is 10.2. The van der Waals surface area contributed by atoms with Gasteiger partial charge in [0.25, 0.3) is 0 Å². The van der Waals surface area contributed by atoms with E-state index in [0.717, 1.165) is 0 Å². The highest BCUT2D eigenvalue weighted by molar-refractivity contribution is 9.10. The van der Waals surface area contributed by atoms with E-state index in [1.54, 1.807) is 12.1 Å². The highest BCUT2D eigenvalue weighted by atomic mass is 79.9. The predicted octanol–water partition coefficient (Wildman–Crippen LogP) is 2.23. The Morgan fingerprint density at radius 1 is 1.12 bits per heavy atom. The first-order valence-corrected chi connectivity index (χ1v) is 5.54. The summed E-state index contributed by atoms with van der Waals surface area (Å²) in [4.78, 5) is 10.9. The summed E-state index contributed by atoms with van der Waals surface area (Å²) < 4.78 is 20.8. The molecule has 17 heavy (non-hydrogen) atoms. The Morgan fingerprint density at radius 2 is 1.71 bits per heavy atom. The number of rotatable bonds is 7. The highest BCUT2D eigenvalue weighted by Gasteiger charge is 2.10. The molecule has 5 nitrogen and oxygen atoms in total. The van der Waals surface area contributed by atoms with Gasteiger partial charge < -0.3 is 18.9 Å². The third kappa shape index (κ3) is 3.99. The molecule has 6 heteroatoms. The van der Waals surface area contributed by atoms with E-state index in [1.165, 1.54) is 14.2 Å². The Morgan fingerprint density at radius 3 is 2.24 bits per heavy atom. The number of aldehydes is 1. The van der Waals surface area contributed by atoms with Gasteiger partial charge in [0.1, 0.15) is 11.5 Å². The quantitative estimate of drug-likeness (QED) is 0.571. The van der Waals surface area contributed by atoms with Crippen LogP contribution in [0.1, 0.15) is 10.4 Å². The van der Waals surface area contributed by atoms with Crippen LogP contribution in [0.4, 0.5) is 0 Å². The fourth-order valence-electron chi connectivity index (χ4n) is 1.12. The van der Waals surface area contributed by atoms with Crippen molar-refractivity contribution in [3.05, 3.63) is 22.2 Å². The van der Waals surface area contributed by atoms with Crippen LogP contribution in [0, 0.1) is 0 Å². The van der Waals surface area contributed by atoms with Gasteiger partial charge in [0.05, 0.1) is 10.0 Å². The maximum atomic E-state index is 10.9. The summed E-state index contributed by atoms with van der Waals surface area (Å²) in [6.45, 7) is 0.176. The maximum Gasteiger partial charge on any atom is 0.188 e. The van der Waals surface area contributed by atoms with Crippen LogP contribution in [0.25, 0.3) is 0 Å². The van der Waals surface area contributed by atoms with Crippen molar-refractivity contribution in [1.82, 2.24) is 0 Å². The van der Waals surface area contributed by atoms with Gasteiger partial charge in [0.2, 0.25) is 0 Å². The molecule has 0 N–H and O–H groups in total. The van der Waals surface area contributed by atoms with Crippen molar-refractivity contribution in [2.24, 2.45) is 0 Å². The minimum Gasteiger partial charge on any atom is -0.467 e. The zero-order chi connectivity index (χ0) is 12.7. The van der Waals surface area contributed by atoms with E-state index < -0.39 is 0 Å². The van der Waals surface area contributed by atoms with E-state index in [-0.39, 0.29) is 13.6 Å². The fraction of sp³-hybridized carbons (Fsp3) is 0.364. The van der Waals surface area contributed by atoms with Crippen molar-refractivity contribution >= 4 is 22.2 Å². The smallest absolute Gasteiger partial charge is 0.188 e. The molecule has 0 spiro atoms. The Balaban J connectivity index is 2.95. The van der Waals surface area contributed by atoms with Crippen molar-refractivity contribution in [2.45, 2.75) is 0 Å². The molecule has 0 amide bonds. The number of hydrogen-bond donors (Lipinski definition) is 0. The normalized spacial score (nSPS) is 10.1. The van der Waals surface area contributed by atoms with Crippen LogP contribution in [0.3, 0.4) is 0 Å². The van der Waals surface area contributed by atoms with E-state index in [1.807, 2.05) is 0 Å². The molecule has 0 saturated heterocycles. The SMILES string of the molecule is COCOc1cc(OCOC)c(C=O)cc1Br. The predicted molar refractivity (Wildman–Crippen MR) is 64.5 cm³/mol. The first kappa shape index (κ1) is 14.0. The molecule has 0 heterocycles. The lowest BCUT2D eigenvalue weighted by molar-refractivity contribution is 0.0454. The molecular weight excluding hydrogens is 292 g/mol. The van der Waals surface area contributed by atoms with E-state index in [9.17, 15) is 4.79 Å². The van der Waals surface area contributed by atoms with E-state index >= 15 is 0 Å². The first-order chi connectivity index (χ1) is 8.22. The van der Waals surface area contributed by atoms with Gasteiger partial charge in [-0.25, -0.2) is 0 Å². The third-order valence-corrected chi connectivity index (χ3v) is 2.48. The average molecular weight is 305 g/mol. The summed E-state index contributed by atoms with van der Waals surface area (Å²) in [5.41, 5.74) is 0.415. The van der Waals surface area contributed by atoms with Gasteiger partial charge in [-0.05, 0) is 22.0 Å². The molecule has 1 aromatic carbocycles. The van der Waals surface area contributed by atoms with Crippen LogP contribution in [-0.4, -0.2) is 34.1 Å². The molecule has 0 aliphatic carbocycles. The molecule has 0 unspecified atom stereocenters. The first-order valence-electron chi connectivity index (χ1n) is 4.75. The fourth-order valence-corrected chi connectivity index (χ4v) is 1.60. The van der Waals surface area contributed by atoms with E-state index in [4.69, 9.17) is 18.9 Å². The van der Waals surface area contributed by atoms with Crippen LogP contribution in [-0.2, 0) is 9.47 Å². The molecule has 0 fully saturated rings. The van der Waals surface area contributed by atoms with Crippen molar-refractivity contribution in [2.75, 3.05) is 27.8 Å². The van der Waals surface area contributed by atoms with Gasteiger partial charge >= 0.3 is 0 Å². The van der Waals surface area contributed by atoms with E-state index in [0.29, 0.717) is 27.8 Å². The Bertz CT molecular complexity index is 380. The van der Waals surface area contributed by atoms with Crippen LogP contribution in [0.15, 0.2) is 16.6 Å². The molecule has 0 aromatic heterocycles. The third-order valence-electron chi connectivity index (χ3n) is 1.86. The van der Waals surface area contributed by atoms with Crippen LogP contribution < -0.4 is 9.47 Å². The van der Waals surface area contributed by atoms with Crippen LogP contribution in [0.2, 0.25) is 0 Å². The average Bonchev–Trinajstić information content (AvgIpc) is 2.35. The molecule has 0 radical (unpaired) electrons. The summed E-state index contributed by atoms with van der Waals surface area (Å²) in [7, 11) is 3.03. The molecule has 0 bridgehead atoms. The number of methoxy groups -OCH3 is 2. The van der Waals surface area contributed by atoms with Gasteiger partial charge in [0, 0.05) is 20.3 Å². The summed E-state index contributed by atoms with van der Waals surface area (Å²) >= 11 is 3.29. The number of hydrogen-bond acceptors (Lipinski definition) is 5. The van der Waals surface area contributed by atoms with Gasteiger partial charge in [-0.3, -0.25) is 4.79 Å². The monoisotopic (exact) mass is 304 g/mol. The van der Waals surface area contributed by atoms with Crippen molar-refractivity contribution in [1.29, 1.82) is 0 Å². The second-order valence-electron chi connectivity index (χ2n) is 3.04. The summed E-state index contributed by atoms with van der Waals surface area (Å²) in [6, 6.07) is 3.22. The lowest BCUT2D eigenvalue weighted by Crippen LogP contribution is -2.04. The Labute approximate surface area is 108 Å². The molecule has 0 aliphatic rings. The molecule has 0 saturated carbocycles. The second-order valence-corrected chi connectivity index (χ2v) is 3.89. The number of ether oxygens (including phenoxy) is 4. The van der Waals surface area contributed by atoms with Gasteiger partial charge in [-0.15, -0.1) is 0 Å². The minimum atomic E-state index is 0.0617. The standard InChI is InChI=1S/C11H13BrO5/c1-14-6-16-10-4-11(17-7-15-2)9(12)3-8(10)5-13/h3-5H,6-7H2,1-2H3. The topological polar surface area (TPSA) is 54.0 Å². The van der Waals surface area contributed by atoms with Gasteiger partial charge in [0.15, 0.2) is 19.9 Å². The van der Waals surface area contributed by atoms with Crippen molar-refractivity contribution < 1.29 is 23.7 Å². The highest BCUT2D eigenvalue weighted by Crippen LogP contribution is 2.32. The maximum absolute atomic E-state index is 10.9. The zero-order valence-electron chi connectivity index (χ0n) is 9.57. The number of halogens is 1. The van der Waals surface area contributed by atoms with Gasteiger partial charge in [-0.1, -0.05) is 0 Å². The van der Waals surface area contributed by atoms with Gasteiger partial charge in [-0.2, -0.15) is 0 Å². The van der Waals surface area contributed by atoms with Crippen LogP contribution >= 0.6 is 15.9 Å². The number of carbonyl (C=O) groups excluding carboxylic acids is 1. The zero-order valence-corrected chi connectivity index (χ0v) is 11.2. The number of carbonyl (C=O) groups is 1. The summed E-state index contributed by atoms with van der Waals surface area (Å²) in [5, 5.41) is 0. The Hall–Kier alpha value is -1.11. The molecule has 1 aromatic rings. The largest absolute Gasteiger partial charge is 0.467 e. The molecule has 0 aliphatic heterocycles. The van der Waals surface area contributed by atoms with Crippen molar-refractivity contribution in [3.8, 4) is 11.5 Å². The van der Waals surface area contributed by atoms with E-state index in [2.05, 4.69) is 15.9 Å². The second kappa shape index (κ2) is 7.26. The molecule has 1 rings (SSSR count). The summed E-state index contributed by atoms with van der Waals surface area (Å²) in [6.07, 6.45) is 0.704. The summed E-state index contributed by atoms with van der Waals surface area (Å²) in [5.74, 6) is 0.930.